The quantitative estimate of drug-likeness (QED) is 0.420. The number of thioether (sulfide) groups is 1. The Morgan fingerprint density at radius 1 is 1.06 bits per heavy atom. The largest absolute Gasteiger partial charge is 0.293 e. The Bertz CT molecular complexity index is 537. The van der Waals surface area contributed by atoms with E-state index in [-0.39, 0.29) is 5.78 Å². The van der Waals surface area contributed by atoms with E-state index in [1.807, 2.05) is 48.5 Å². The van der Waals surface area contributed by atoms with Gasteiger partial charge in [-0.2, -0.15) is 0 Å². The molecule has 2 aromatic carbocycles. The zero-order valence-electron chi connectivity index (χ0n) is 9.40. The third-order valence-corrected chi connectivity index (χ3v) is 4.33. The second kappa shape index (κ2) is 6.59. The van der Waals surface area contributed by atoms with E-state index in [1.54, 1.807) is 0 Å². The Labute approximate surface area is 129 Å². The maximum Gasteiger partial charge on any atom is 0.173 e. The van der Waals surface area contributed by atoms with E-state index in [4.69, 9.17) is 11.6 Å². The van der Waals surface area contributed by atoms with Crippen LogP contribution in [0.2, 0.25) is 5.02 Å². The average Bonchev–Trinajstić information content (AvgIpc) is 2.38. The first-order valence-electron chi connectivity index (χ1n) is 5.32. The minimum absolute atomic E-state index is 0.145. The predicted molar refractivity (Wildman–Crippen MR) is 85.7 cm³/mol. The third-order valence-electron chi connectivity index (χ3n) is 2.35. The minimum Gasteiger partial charge on any atom is -0.293 e. The van der Waals surface area contributed by atoms with Gasteiger partial charge in [0.15, 0.2) is 5.78 Å². The second-order valence-corrected chi connectivity index (χ2v) is 6.40. The lowest BCUT2D eigenvalue weighted by molar-refractivity contribution is 0.102. The topological polar surface area (TPSA) is 17.1 Å². The summed E-state index contributed by atoms with van der Waals surface area (Å²) < 4.78 is 1.13. The van der Waals surface area contributed by atoms with Crippen molar-refractivity contribution >= 4 is 51.7 Å². The number of rotatable bonds is 4. The number of carbonyl (C=O) groups is 1. The lowest BCUT2D eigenvalue weighted by Gasteiger charge is -2.02. The van der Waals surface area contributed by atoms with Gasteiger partial charge in [0.2, 0.25) is 0 Å². The number of hydrogen-bond donors (Lipinski definition) is 0. The summed E-state index contributed by atoms with van der Waals surface area (Å²) in [4.78, 5) is 13.0. The van der Waals surface area contributed by atoms with E-state index in [0.717, 1.165) is 14.0 Å². The zero-order valence-corrected chi connectivity index (χ0v) is 13.1. The van der Waals surface area contributed by atoms with E-state index < -0.39 is 0 Å². The van der Waals surface area contributed by atoms with Crippen LogP contribution in [0, 0.1) is 3.57 Å². The minimum atomic E-state index is 0.145. The molecule has 0 atom stereocenters. The van der Waals surface area contributed by atoms with Crippen LogP contribution in [0.1, 0.15) is 10.4 Å². The van der Waals surface area contributed by atoms with Gasteiger partial charge in [-0.05, 0) is 59.0 Å². The van der Waals surface area contributed by atoms with Crippen molar-refractivity contribution in [3.63, 3.8) is 0 Å². The molecule has 1 nitrogen and oxygen atoms in total. The number of carbonyl (C=O) groups excluding carboxylic acids is 1. The normalized spacial score (nSPS) is 10.3. The van der Waals surface area contributed by atoms with Gasteiger partial charge in [0.25, 0.3) is 0 Å². The van der Waals surface area contributed by atoms with Gasteiger partial charge in [0, 0.05) is 19.1 Å². The molecule has 2 rings (SSSR count). The highest BCUT2D eigenvalue weighted by Gasteiger charge is 2.06. The lowest BCUT2D eigenvalue weighted by Crippen LogP contribution is -2.01. The monoisotopic (exact) mass is 388 g/mol. The summed E-state index contributed by atoms with van der Waals surface area (Å²) in [6, 6.07) is 15.1. The van der Waals surface area contributed by atoms with Crippen molar-refractivity contribution < 1.29 is 4.79 Å². The summed E-state index contributed by atoms with van der Waals surface area (Å²) in [6.45, 7) is 0. The Hall–Kier alpha value is -0.520. The molecule has 0 fully saturated rings. The van der Waals surface area contributed by atoms with Gasteiger partial charge in [-0.3, -0.25) is 4.79 Å². The summed E-state index contributed by atoms with van der Waals surface area (Å²) in [5.41, 5.74) is 0.761. The van der Waals surface area contributed by atoms with Gasteiger partial charge in [-0.1, -0.05) is 23.7 Å². The van der Waals surface area contributed by atoms with Crippen molar-refractivity contribution in [2.24, 2.45) is 0 Å². The summed E-state index contributed by atoms with van der Waals surface area (Å²) in [6.07, 6.45) is 0. The van der Waals surface area contributed by atoms with E-state index in [2.05, 4.69) is 22.6 Å². The van der Waals surface area contributed by atoms with Gasteiger partial charge in [0.1, 0.15) is 0 Å². The van der Waals surface area contributed by atoms with Crippen molar-refractivity contribution in [1.82, 2.24) is 0 Å². The number of hydrogen-bond acceptors (Lipinski definition) is 2. The summed E-state index contributed by atoms with van der Waals surface area (Å²) in [5.74, 6) is 0.591. The molecule has 4 heteroatoms. The molecule has 0 bridgehead atoms. The lowest BCUT2D eigenvalue weighted by atomic mass is 10.2. The first-order chi connectivity index (χ1) is 8.65. The highest BCUT2D eigenvalue weighted by atomic mass is 127. The highest BCUT2D eigenvalue weighted by Crippen LogP contribution is 2.21. The maximum atomic E-state index is 11.9. The van der Waals surface area contributed by atoms with Crippen molar-refractivity contribution in [3.8, 4) is 0 Å². The van der Waals surface area contributed by atoms with Crippen LogP contribution in [0.3, 0.4) is 0 Å². The van der Waals surface area contributed by atoms with E-state index in [9.17, 15) is 4.79 Å². The SMILES string of the molecule is O=C(CSc1ccc(Cl)cc1)c1ccc(I)cc1. The zero-order chi connectivity index (χ0) is 13.0. The van der Waals surface area contributed by atoms with Crippen LogP contribution >= 0.6 is 46.0 Å². The van der Waals surface area contributed by atoms with E-state index >= 15 is 0 Å². The standard InChI is InChI=1S/C14H10ClIOS/c15-11-3-7-13(8-4-11)18-9-14(17)10-1-5-12(16)6-2-10/h1-8H,9H2. The molecule has 0 unspecified atom stereocenters. The fraction of sp³-hybridized carbons (Fsp3) is 0.0714. The van der Waals surface area contributed by atoms with Gasteiger partial charge in [-0.25, -0.2) is 0 Å². The number of halogens is 2. The molecule has 0 saturated heterocycles. The molecule has 0 radical (unpaired) electrons. The fourth-order valence-corrected chi connectivity index (χ4v) is 2.68. The molecule has 92 valence electrons. The van der Waals surface area contributed by atoms with Crippen LogP contribution in [0.5, 0.6) is 0 Å². The molecular formula is C14H10ClIOS. The molecule has 0 aliphatic carbocycles. The van der Waals surface area contributed by atoms with Gasteiger partial charge in [0.05, 0.1) is 5.75 Å². The molecule has 0 spiro atoms. The van der Waals surface area contributed by atoms with Crippen LogP contribution in [-0.4, -0.2) is 11.5 Å². The van der Waals surface area contributed by atoms with Crippen molar-refractivity contribution in [2.75, 3.05) is 5.75 Å². The summed E-state index contributed by atoms with van der Waals surface area (Å²) in [7, 11) is 0. The fourth-order valence-electron chi connectivity index (χ4n) is 1.40. The Balaban J connectivity index is 1.96. The van der Waals surface area contributed by atoms with Gasteiger partial charge >= 0.3 is 0 Å². The number of benzene rings is 2. The number of ketones is 1. The molecule has 0 aliphatic rings. The van der Waals surface area contributed by atoms with E-state index in [1.165, 1.54) is 11.8 Å². The van der Waals surface area contributed by atoms with Crippen LogP contribution in [0.15, 0.2) is 53.4 Å². The van der Waals surface area contributed by atoms with Gasteiger partial charge < -0.3 is 0 Å². The molecule has 18 heavy (non-hydrogen) atoms. The predicted octanol–water partition coefficient (Wildman–Crippen LogP) is 4.92. The van der Waals surface area contributed by atoms with Crippen LogP contribution in [0.25, 0.3) is 0 Å². The van der Waals surface area contributed by atoms with Crippen molar-refractivity contribution in [2.45, 2.75) is 4.90 Å². The number of Topliss-reactive ketones (excluding diaryl/α,β-unsaturated/α-hetero) is 1. The molecular weight excluding hydrogens is 379 g/mol. The third kappa shape index (κ3) is 4.00. The first-order valence-corrected chi connectivity index (χ1v) is 7.76. The van der Waals surface area contributed by atoms with Crippen molar-refractivity contribution in [3.05, 3.63) is 62.7 Å². The molecule has 0 heterocycles. The smallest absolute Gasteiger partial charge is 0.173 e. The van der Waals surface area contributed by atoms with Crippen LogP contribution in [0.4, 0.5) is 0 Å². The van der Waals surface area contributed by atoms with Crippen LogP contribution < -0.4 is 0 Å². The molecule has 0 N–H and O–H groups in total. The Morgan fingerprint density at radius 2 is 1.67 bits per heavy atom. The first kappa shape index (κ1) is 13.9. The highest BCUT2D eigenvalue weighted by molar-refractivity contribution is 14.1. The van der Waals surface area contributed by atoms with Crippen molar-refractivity contribution in [1.29, 1.82) is 0 Å². The molecule has 0 saturated carbocycles. The summed E-state index contributed by atoms with van der Waals surface area (Å²) in [5, 5.41) is 0.711. The van der Waals surface area contributed by atoms with Crippen LogP contribution in [-0.2, 0) is 0 Å². The maximum absolute atomic E-state index is 11.9. The Morgan fingerprint density at radius 3 is 2.28 bits per heavy atom. The Kier molecular flexibility index (Phi) is 5.09. The van der Waals surface area contributed by atoms with E-state index in [0.29, 0.717) is 10.8 Å². The molecule has 0 amide bonds. The summed E-state index contributed by atoms with van der Waals surface area (Å²) >= 11 is 9.56. The molecule has 0 aromatic heterocycles. The average molecular weight is 389 g/mol. The second-order valence-electron chi connectivity index (χ2n) is 3.67. The molecule has 2 aromatic rings. The molecule has 0 aliphatic heterocycles. The van der Waals surface area contributed by atoms with Gasteiger partial charge in [-0.15, -0.1) is 11.8 Å².